The molecular formula is C12H14F3NO3. The van der Waals surface area contributed by atoms with Gasteiger partial charge >= 0.3 is 12.1 Å². The van der Waals surface area contributed by atoms with E-state index >= 15 is 0 Å². The van der Waals surface area contributed by atoms with Crippen LogP contribution in [-0.4, -0.2) is 24.5 Å². The molecule has 19 heavy (non-hydrogen) atoms. The van der Waals surface area contributed by atoms with Gasteiger partial charge in [-0.1, -0.05) is 18.2 Å². The van der Waals surface area contributed by atoms with E-state index in [0.29, 0.717) is 0 Å². The molecule has 0 saturated heterocycles. The maximum absolute atomic E-state index is 12.5. The third kappa shape index (κ3) is 5.60. The van der Waals surface area contributed by atoms with Crippen LogP contribution in [0.1, 0.15) is 13.3 Å². The van der Waals surface area contributed by atoms with Crippen molar-refractivity contribution in [1.29, 1.82) is 0 Å². The zero-order chi connectivity index (χ0) is 14.5. The monoisotopic (exact) mass is 277 g/mol. The number of para-hydroxylation sites is 1. The van der Waals surface area contributed by atoms with E-state index in [2.05, 4.69) is 4.74 Å². The molecule has 0 fully saturated rings. The zero-order valence-corrected chi connectivity index (χ0v) is 10.2. The van der Waals surface area contributed by atoms with E-state index in [0.717, 1.165) is 6.92 Å². The number of carbonyl (C=O) groups excluding carboxylic acids is 1. The van der Waals surface area contributed by atoms with Crippen LogP contribution in [0.25, 0.3) is 0 Å². The second-order valence-electron chi connectivity index (χ2n) is 4.02. The minimum atomic E-state index is -4.54. The topological polar surface area (TPSA) is 61.5 Å². The lowest BCUT2D eigenvalue weighted by Gasteiger charge is -2.30. The molecule has 1 aromatic carbocycles. The van der Waals surface area contributed by atoms with E-state index in [1.165, 1.54) is 12.1 Å². The quantitative estimate of drug-likeness (QED) is 0.662. The Morgan fingerprint density at radius 1 is 1.26 bits per heavy atom. The Bertz CT molecular complexity index is 422. The maximum Gasteiger partial charge on any atom is 0.396 e. The Hall–Kier alpha value is -1.76. The smallest absolute Gasteiger partial charge is 0.396 e. The van der Waals surface area contributed by atoms with Gasteiger partial charge in [0.15, 0.2) is 0 Å². The van der Waals surface area contributed by atoms with Crippen LogP contribution in [0.5, 0.6) is 5.75 Å². The first-order valence-electron chi connectivity index (χ1n) is 5.47. The van der Waals surface area contributed by atoms with Gasteiger partial charge in [0.1, 0.15) is 12.2 Å². The van der Waals surface area contributed by atoms with Gasteiger partial charge in [0.25, 0.3) is 5.79 Å². The van der Waals surface area contributed by atoms with Crippen molar-refractivity contribution in [2.75, 3.05) is 6.54 Å². The number of benzene rings is 1. The number of hydrogen-bond donors (Lipinski definition) is 1. The Kier molecular flexibility index (Phi) is 4.77. The van der Waals surface area contributed by atoms with E-state index in [-0.39, 0.29) is 5.75 Å². The first-order valence-corrected chi connectivity index (χ1v) is 5.47. The van der Waals surface area contributed by atoms with Gasteiger partial charge < -0.3 is 15.2 Å². The zero-order valence-electron chi connectivity index (χ0n) is 10.2. The van der Waals surface area contributed by atoms with Gasteiger partial charge in [0, 0.05) is 6.92 Å². The highest BCUT2D eigenvalue weighted by molar-refractivity contribution is 5.71. The van der Waals surface area contributed by atoms with Crippen LogP contribution in [0, 0.1) is 0 Å². The average molecular weight is 277 g/mol. The van der Waals surface area contributed by atoms with Gasteiger partial charge in [-0.2, -0.15) is 13.2 Å². The number of esters is 1. The summed E-state index contributed by atoms with van der Waals surface area (Å²) in [5.74, 6) is -2.95. The third-order valence-electron chi connectivity index (χ3n) is 2.09. The molecule has 1 aromatic rings. The van der Waals surface area contributed by atoms with Crippen molar-refractivity contribution < 1.29 is 27.4 Å². The molecular weight excluding hydrogens is 263 g/mol. The van der Waals surface area contributed by atoms with Crippen molar-refractivity contribution in [3.63, 3.8) is 0 Å². The molecule has 1 atom stereocenters. The predicted octanol–water partition coefficient (Wildman–Crippen LogP) is 2.24. The molecule has 0 aromatic heterocycles. The van der Waals surface area contributed by atoms with Crippen molar-refractivity contribution in [3.8, 4) is 5.75 Å². The largest absolute Gasteiger partial charge is 0.452 e. The number of rotatable bonds is 5. The first-order chi connectivity index (χ1) is 8.74. The summed E-state index contributed by atoms with van der Waals surface area (Å²) in [4.78, 5) is 11.1. The number of nitrogens with two attached hydrogens (primary N) is 1. The summed E-state index contributed by atoms with van der Waals surface area (Å²) < 4.78 is 47.3. The molecule has 2 N–H and O–H groups in total. The summed E-state index contributed by atoms with van der Waals surface area (Å²) in [6, 6.07) is 7.79. The van der Waals surface area contributed by atoms with Crippen LogP contribution in [-0.2, 0) is 9.53 Å². The van der Waals surface area contributed by atoms with E-state index in [4.69, 9.17) is 10.5 Å². The standard InChI is InChI=1S/C12H14F3NO3/c1-11(8-12(13,14)15,19-10(17)7-16)18-9-5-3-2-4-6-9/h2-6H,7-8,16H2,1H3. The summed E-state index contributed by atoms with van der Waals surface area (Å²) in [7, 11) is 0. The van der Waals surface area contributed by atoms with Crippen LogP contribution >= 0.6 is 0 Å². The summed E-state index contributed by atoms with van der Waals surface area (Å²) in [6.45, 7) is 0.520. The molecule has 0 radical (unpaired) electrons. The summed E-state index contributed by atoms with van der Waals surface area (Å²) >= 11 is 0. The highest BCUT2D eigenvalue weighted by Crippen LogP contribution is 2.32. The van der Waals surface area contributed by atoms with Gasteiger partial charge in [0.05, 0.1) is 6.54 Å². The van der Waals surface area contributed by atoms with Crippen molar-refractivity contribution in [2.24, 2.45) is 5.73 Å². The fraction of sp³-hybridized carbons (Fsp3) is 0.417. The Morgan fingerprint density at radius 2 is 1.84 bits per heavy atom. The van der Waals surface area contributed by atoms with Crippen molar-refractivity contribution in [3.05, 3.63) is 30.3 Å². The lowest BCUT2D eigenvalue weighted by molar-refractivity contribution is -0.239. The number of alkyl halides is 3. The second kappa shape index (κ2) is 5.92. The van der Waals surface area contributed by atoms with Crippen molar-refractivity contribution in [2.45, 2.75) is 25.3 Å². The van der Waals surface area contributed by atoms with Crippen molar-refractivity contribution in [1.82, 2.24) is 0 Å². The van der Waals surface area contributed by atoms with Crippen molar-refractivity contribution >= 4 is 5.97 Å². The molecule has 0 aliphatic rings. The molecule has 0 amide bonds. The molecule has 0 bridgehead atoms. The van der Waals surface area contributed by atoms with Crippen LogP contribution in [0.2, 0.25) is 0 Å². The van der Waals surface area contributed by atoms with Crippen LogP contribution < -0.4 is 10.5 Å². The van der Waals surface area contributed by atoms with E-state index in [1.807, 2.05) is 0 Å². The molecule has 1 rings (SSSR count). The van der Waals surface area contributed by atoms with E-state index in [9.17, 15) is 18.0 Å². The predicted molar refractivity (Wildman–Crippen MR) is 61.3 cm³/mol. The number of hydrogen-bond acceptors (Lipinski definition) is 4. The Labute approximate surface area is 108 Å². The number of carbonyl (C=O) groups is 1. The van der Waals surface area contributed by atoms with E-state index in [1.54, 1.807) is 18.2 Å². The normalized spacial score (nSPS) is 14.6. The molecule has 1 unspecified atom stereocenters. The molecule has 7 heteroatoms. The first kappa shape index (κ1) is 15.3. The van der Waals surface area contributed by atoms with Crippen LogP contribution in [0.3, 0.4) is 0 Å². The van der Waals surface area contributed by atoms with Gasteiger partial charge in [-0.3, -0.25) is 4.79 Å². The molecule has 0 heterocycles. The highest BCUT2D eigenvalue weighted by atomic mass is 19.4. The summed E-state index contributed by atoms with van der Waals surface area (Å²) in [5.41, 5.74) is 5.03. The highest BCUT2D eigenvalue weighted by Gasteiger charge is 2.44. The molecule has 4 nitrogen and oxygen atoms in total. The lowest BCUT2D eigenvalue weighted by atomic mass is 10.2. The molecule has 0 saturated carbocycles. The van der Waals surface area contributed by atoms with Gasteiger partial charge in [-0.05, 0) is 12.1 Å². The molecule has 106 valence electrons. The second-order valence-corrected chi connectivity index (χ2v) is 4.02. The fourth-order valence-electron chi connectivity index (χ4n) is 1.48. The Morgan fingerprint density at radius 3 is 2.32 bits per heavy atom. The van der Waals surface area contributed by atoms with Crippen LogP contribution in [0.15, 0.2) is 30.3 Å². The van der Waals surface area contributed by atoms with E-state index < -0.39 is 30.9 Å². The fourth-order valence-corrected chi connectivity index (χ4v) is 1.48. The minimum Gasteiger partial charge on any atom is -0.452 e. The summed E-state index contributed by atoms with van der Waals surface area (Å²) in [6.07, 6.45) is -5.97. The Balaban J connectivity index is 2.88. The minimum absolute atomic E-state index is 0.166. The number of halogens is 3. The van der Waals surface area contributed by atoms with Gasteiger partial charge in [-0.15, -0.1) is 0 Å². The molecule has 0 aliphatic carbocycles. The molecule has 0 aliphatic heterocycles. The van der Waals surface area contributed by atoms with Gasteiger partial charge in [0.2, 0.25) is 0 Å². The van der Waals surface area contributed by atoms with Crippen LogP contribution in [0.4, 0.5) is 13.2 Å². The summed E-state index contributed by atoms with van der Waals surface area (Å²) in [5, 5.41) is 0. The SMILES string of the molecule is CC(CC(F)(F)F)(OC(=O)CN)Oc1ccccc1. The number of ether oxygens (including phenoxy) is 2. The maximum atomic E-state index is 12.5. The third-order valence-corrected chi connectivity index (χ3v) is 2.09. The average Bonchev–Trinajstić information content (AvgIpc) is 2.26. The lowest BCUT2D eigenvalue weighted by Crippen LogP contribution is -2.43. The van der Waals surface area contributed by atoms with Gasteiger partial charge in [-0.25, -0.2) is 0 Å². The molecule has 0 spiro atoms.